The third-order valence-electron chi connectivity index (χ3n) is 5.19. The zero-order valence-electron chi connectivity index (χ0n) is 20.3. The molecule has 0 radical (unpaired) electrons. The monoisotopic (exact) mass is 434 g/mol. The summed E-state index contributed by atoms with van der Waals surface area (Å²) < 4.78 is 0. The average molecular weight is 435 g/mol. The van der Waals surface area contributed by atoms with E-state index in [2.05, 4.69) is 62.6 Å². The number of hydrogen-bond donors (Lipinski definition) is 2. The molecule has 0 spiro atoms. The van der Waals surface area contributed by atoms with Gasteiger partial charge in [0.05, 0.1) is 11.4 Å². The van der Waals surface area contributed by atoms with Gasteiger partial charge < -0.3 is 0 Å². The Labute approximate surface area is 191 Å². The molecule has 0 unspecified atom stereocenters. The maximum absolute atomic E-state index is 12.1. The predicted octanol–water partition coefficient (Wildman–Crippen LogP) is 4.66. The summed E-state index contributed by atoms with van der Waals surface area (Å²) in [5.74, 6) is -1.76. The molecule has 6 heteroatoms. The number of hydrogen-bond acceptors (Lipinski definition) is 4. The SMILES string of the molecule is CC(=NNC(=O)C(=O)NN=C(C)c1ccc(C(C)(C)C)cc1)c1ccc(C(C)(C)C)cc1. The predicted molar refractivity (Wildman–Crippen MR) is 131 cm³/mol. The Morgan fingerprint density at radius 3 is 1.12 bits per heavy atom. The van der Waals surface area contributed by atoms with Crippen LogP contribution in [-0.2, 0) is 20.4 Å². The molecule has 2 aromatic rings. The fourth-order valence-corrected chi connectivity index (χ4v) is 2.92. The lowest BCUT2D eigenvalue weighted by atomic mass is 9.86. The molecule has 2 N–H and O–H groups in total. The minimum Gasteiger partial charge on any atom is -0.262 e. The van der Waals surface area contributed by atoms with Crippen molar-refractivity contribution in [2.75, 3.05) is 0 Å². The summed E-state index contributed by atoms with van der Waals surface area (Å²) in [6.45, 7) is 16.4. The van der Waals surface area contributed by atoms with Gasteiger partial charge in [-0.2, -0.15) is 10.2 Å². The number of benzene rings is 2. The molecule has 0 bridgehead atoms. The first kappa shape index (κ1) is 25.0. The van der Waals surface area contributed by atoms with Crippen LogP contribution in [0.1, 0.15) is 77.6 Å². The van der Waals surface area contributed by atoms with Gasteiger partial charge in [-0.15, -0.1) is 0 Å². The summed E-state index contributed by atoms with van der Waals surface area (Å²) in [5, 5.41) is 8.07. The fourth-order valence-electron chi connectivity index (χ4n) is 2.92. The Balaban J connectivity index is 1.96. The fraction of sp³-hybridized carbons (Fsp3) is 0.385. The summed E-state index contributed by atoms with van der Waals surface area (Å²) in [6.07, 6.45) is 0. The molecule has 0 aliphatic heterocycles. The van der Waals surface area contributed by atoms with Gasteiger partial charge in [0.15, 0.2) is 0 Å². The molecule has 6 nitrogen and oxygen atoms in total. The molecule has 0 saturated heterocycles. The first-order valence-corrected chi connectivity index (χ1v) is 10.7. The molecule has 0 aromatic heterocycles. The molecule has 0 saturated carbocycles. The molecular weight excluding hydrogens is 400 g/mol. The maximum atomic E-state index is 12.1. The Hall–Kier alpha value is -3.28. The van der Waals surface area contributed by atoms with Crippen LogP contribution in [0.15, 0.2) is 58.7 Å². The highest BCUT2D eigenvalue weighted by Crippen LogP contribution is 2.23. The van der Waals surface area contributed by atoms with E-state index in [0.717, 1.165) is 11.1 Å². The Morgan fingerprint density at radius 2 is 0.875 bits per heavy atom. The van der Waals surface area contributed by atoms with Crippen LogP contribution in [0.5, 0.6) is 0 Å². The summed E-state index contributed by atoms with van der Waals surface area (Å²) in [4.78, 5) is 24.1. The van der Waals surface area contributed by atoms with Gasteiger partial charge in [-0.05, 0) is 46.9 Å². The number of carbonyl (C=O) groups excluding carboxylic acids is 2. The number of nitrogens with zero attached hydrogens (tertiary/aromatic N) is 2. The lowest BCUT2D eigenvalue weighted by molar-refractivity contribution is -0.139. The first-order valence-electron chi connectivity index (χ1n) is 10.7. The summed E-state index contributed by atoms with van der Waals surface area (Å²) in [7, 11) is 0. The molecule has 2 aromatic carbocycles. The van der Waals surface area contributed by atoms with E-state index in [1.807, 2.05) is 48.5 Å². The lowest BCUT2D eigenvalue weighted by Crippen LogP contribution is -2.36. The third-order valence-corrected chi connectivity index (χ3v) is 5.19. The van der Waals surface area contributed by atoms with E-state index in [-0.39, 0.29) is 10.8 Å². The Morgan fingerprint density at radius 1 is 0.594 bits per heavy atom. The minimum absolute atomic E-state index is 0.0587. The zero-order valence-corrected chi connectivity index (χ0v) is 20.3. The van der Waals surface area contributed by atoms with Crippen molar-refractivity contribution in [1.29, 1.82) is 0 Å². The van der Waals surface area contributed by atoms with Crippen molar-refractivity contribution < 1.29 is 9.59 Å². The highest BCUT2D eigenvalue weighted by Gasteiger charge is 2.15. The van der Waals surface area contributed by atoms with Crippen molar-refractivity contribution in [3.63, 3.8) is 0 Å². The standard InChI is InChI=1S/C26H34N4O2/c1-17(19-9-13-21(14-10-19)25(3,4)5)27-29-23(31)24(32)30-28-18(2)20-11-15-22(16-12-20)26(6,7)8/h9-16H,1-8H3,(H,29,31)(H,30,32). The van der Waals surface area contributed by atoms with Crippen molar-refractivity contribution in [3.05, 3.63) is 70.8 Å². The molecule has 32 heavy (non-hydrogen) atoms. The topological polar surface area (TPSA) is 82.9 Å². The molecular formula is C26H34N4O2. The van der Waals surface area contributed by atoms with E-state index in [0.29, 0.717) is 11.4 Å². The summed E-state index contributed by atoms with van der Waals surface area (Å²) >= 11 is 0. The maximum Gasteiger partial charge on any atom is 0.331 e. The van der Waals surface area contributed by atoms with Gasteiger partial charge in [-0.3, -0.25) is 9.59 Å². The van der Waals surface area contributed by atoms with Crippen LogP contribution < -0.4 is 10.9 Å². The van der Waals surface area contributed by atoms with Crippen LogP contribution >= 0.6 is 0 Å². The highest BCUT2D eigenvalue weighted by molar-refractivity contribution is 6.35. The first-order chi connectivity index (χ1) is 14.8. The largest absolute Gasteiger partial charge is 0.331 e. The Kier molecular flexibility index (Phi) is 7.73. The van der Waals surface area contributed by atoms with Crippen LogP contribution in [0.3, 0.4) is 0 Å². The molecule has 2 rings (SSSR count). The highest BCUT2D eigenvalue weighted by atomic mass is 16.2. The lowest BCUT2D eigenvalue weighted by Gasteiger charge is -2.19. The van der Waals surface area contributed by atoms with Gasteiger partial charge >= 0.3 is 11.8 Å². The van der Waals surface area contributed by atoms with Gasteiger partial charge in [0.2, 0.25) is 0 Å². The normalized spacial score (nSPS) is 13.0. The van der Waals surface area contributed by atoms with E-state index < -0.39 is 11.8 Å². The zero-order chi connectivity index (χ0) is 24.1. The van der Waals surface area contributed by atoms with E-state index in [1.54, 1.807) is 13.8 Å². The van der Waals surface area contributed by atoms with Crippen LogP contribution in [0.25, 0.3) is 0 Å². The van der Waals surface area contributed by atoms with Gasteiger partial charge in [0, 0.05) is 0 Å². The second-order valence-electron chi connectivity index (χ2n) is 9.93. The average Bonchev–Trinajstić information content (AvgIpc) is 2.74. The van der Waals surface area contributed by atoms with E-state index in [9.17, 15) is 9.59 Å². The minimum atomic E-state index is -0.879. The molecule has 0 heterocycles. The van der Waals surface area contributed by atoms with Crippen LogP contribution in [-0.4, -0.2) is 23.2 Å². The van der Waals surface area contributed by atoms with Crippen molar-refractivity contribution in [2.24, 2.45) is 10.2 Å². The second kappa shape index (κ2) is 9.90. The summed E-state index contributed by atoms with van der Waals surface area (Å²) in [5.41, 5.74) is 10.0. The van der Waals surface area contributed by atoms with E-state index in [4.69, 9.17) is 0 Å². The quantitative estimate of drug-likeness (QED) is 0.417. The smallest absolute Gasteiger partial charge is 0.262 e. The second-order valence-corrected chi connectivity index (χ2v) is 9.93. The van der Waals surface area contributed by atoms with Gasteiger partial charge in [-0.1, -0.05) is 90.1 Å². The molecule has 170 valence electrons. The molecule has 0 fully saturated rings. The van der Waals surface area contributed by atoms with Gasteiger partial charge in [0.1, 0.15) is 0 Å². The number of rotatable bonds is 4. The molecule has 0 aliphatic carbocycles. The Bertz CT molecular complexity index is 934. The van der Waals surface area contributed by atoms with Crippen molar-refractivity contribution >= 4 is 23.2 Å². The van der Waals surface area contributed by atoms with Crippen molar-refractivity contribution in [2.45, 2.75) is 66.2 Å². The van der Waals surface area contributed by atoms with E-state index in [1.165, 1.54) is 11.1 Å². The van der Waals surface area contributed by atoms with Crippen LogP contribution in [0, 0.1) is 0 Å². The van der Waals surface area contributed by atoms with Gasteiger partial charge in [-0.25, -0.2) is 10.9 Å². The van der Waals surface area contributed by atoms with E-state index >= 15 is 0 Å². The summed E-state index contributed by atoms with van der Waals surface area (Å²) in [6, 6.07) is 15.9. The number of nitrogens with one attached hydrogen (secondary N) is 2. The van der Waals surface area contributed by atoms with Crippen molar-refractivity contribution in [3.8, 4) is 0 Å². The number of hydrazone groups is 2. The number of carbonyl (C=O) groups is 2. The number of amides is 2. The van der Waals surface area contributed by atoms with Crippen molar-refractivity contribution in [1.82, 2.24) is 10.9 Å². The molecule has 0 aliphatic rings. The molecule has 0 atom stereocenters. The third kappa shape index (κ3) is 6.87. The van der Waals surface area contributed by atoms with Crippen LogP contribution in [0.2, 0.25) is 0 Å². The van der Waals surface area contributed by atoms with Crippen LogP contribution in [0.4, 0.5) is 0 Å². The van der Waals surface area contributed by atoms with Gasteiger partial charge in [0.25, 0.3) is 0 Å². The molecule has 2 amide bonds.